The van der Waals surface area contributed by atoms with Crippen molar-refractivity contribution in [3.8, 4) is 0 Å². The van der Waals surface area contributed by atoms with Crippen LogP contribution >= 0.6 is 11.6 Å². The third kappa shape index (κ3) is 4.71. The number of rotatable bonds is 4. The molecule has 2 rings (SSSR count). The van der Waals surface area contributed by atoms with Crippen molar-refractivity contribution in [1.82, 2.24) is 15.1 Å². The largest absolute Gasteiger partial charge is 0.393 e. The first-order chi connectivity index (χ1) is 9.15. The monoisotopic (exact) mass is 283 g/mol. The number of aromatic nitrogens is 2. The van der Waals surface area contributed by atoms with E-state index < -0.39 is 0 Å². The zero-order chi connectivity index (χ0) is 13.7. The smallest absolute Gasteiger partial charge is 0.151 e. The molecule has 0 radical (unpaired) electrons. The molecule has 1 aliphatic heterocycles. The Balaban J connectivity index is 2.02. The molecule has 4 nitrogen and oxygen atoms in total. The average molecular weight is 284 g/mol. The van der Waals surface area contributed by atoms with Crippen LogP contribution in [0.2, 0.25) is 5.15 Å². The van der Waals surface area contributed by atoms with Crippen LogP contribution in [-0.2, 0) is 6.54 Å². The zero-order valence-electron chi connectivity index (χ0n) is 11.4. The van der Waals surface area contributed by atoms with E-state index in [-0.39, 0.29) is 6.10 Å². The number of likely N-dealkylation sites (tertiary alicyclic amines) is 1. The van der Waals surface area contributed by atoms with E-state index in [1.54, 1.807) is 6.07 Å². The van der Waals surface area contributed by atoms with Crippen LogP contribution in [0.15, 0.2) is 12.1 Å². The van der Waals surface area contributed by atoms with Crippen LogP contribution < -0.4 is 0 Å². The van der Waals surface area contributed by atoms with Gasteiger partial charge in [0.25, 0.3) is 0 Å². The molecule has 19 heavy (non-hydrogen) atoms. The minimum absolute atomic E-state index is 0.248. The second-order valence-electron chi connectivity index (χ2n) is 5.41. The van der Waals surface area contributed by atoms with Gasteiger partial charge in [-0.25, -0.2) is 0 Å². The lowest BCUT2D eigenvalue weighted by Crippen LogP contribution is -2.36. The van der Waals surface area contributed by atoms with Crippen molar-refractivity contribution in [3.05, 3.63) is 23.0 Å². The molecule has 2 heterocycles. The normalized spacial score (nSPS) is 23.0. The third-order valence-corrected chi connectivity index (χ3v) is 3.87. The minimum Gasteiger partial charge on any atom is -0.393 e. The fraction of sp³-hybridized carbons (Fsp3) is 0.714. The molecule has 1 aromatic rings. The summed E-state index contributed by atoms with van der Waals surface area (Å²) in [5, 5.41) is 18.1. The van der Waals surface area contributed by atoms with Gasteiger partial charge >= 0.3 is 0 Å². The summed E-state index contributed by atoms with van der Waals surface area (Å²) in [5.41, 5.74) is 0.946. The van der Waals surface area contributed by atoms with Crippen LogP contribution in [-0.4, -0.2) is 38.9 Å². The van der Waals surface area contributed by atoms with Crippen LogP contribution in [0.3, 0.4) is 0 Å². The number of aliphatic hydroxyl groups is 1. The first-order valence-corrected chi connectivity index (χ1v) is 7.43. The van der Waals surface area contributed by atoms with Crippen molar-refractivity contribution >= 4 is 11.6 Å². The molecule has 2 atom stereocenters. The Bertz CT molecular complexity index is 383. The maximum Gasteiger partial charge on any atom is 0.151 e. The molecule has 0 spiro atoms. The lowest BCUT2D eigenvalue weighted by atomic mass is 10.0. The second kappa shape index (κ2) is 7.17. The quantitative estimate of drug-likeness (QED) is 0.923. The number of aliphatic hydroxyl groups excluding tert-OH is 1. The second-order valence-corrected chi connectivity index (χ2v) is 5.79. The lowest BCUT2D eigenvalue weighted by molar-refractivity contribution is 0.107. The Morgan fingerprint density at radius 2 is 2.21 bits per heavy atom. The Hall–Kier alpha value is -0.710. The van der Waals surface area contributed by atoms with Crippen LogP contribution in [0, 0.1) is 0 Å². The van der Waals surface area contributed by atoms with Crippen LogP contribution in [0.4, 0.5) is 0 Å². The summed E-state index contributed by atoms with van der Waals surface area (Å²) in [6.45, 7) is 3.73. The summed E-state index contributed by atoms with van der Waals surface area (Å²) in [5.74, 6) is 0. The third-order valence-electron chi connectivity index (χ3n) is 3.66. The van der Waals surface area contributed by atoms with E-state index in [0.717, 1.165) is 31.6 Å². The van der Waals surface area contributed by atoms with Gasteiger partial charge in [-0.2, -0.15) is 5.10 Å². The summed E-state index contributed by atoms with van der Waals surface area (Å²) in [4.78, 5) is 2.43. The maximum atomic E-state index is 9.64. The molecule has 106 valence electrons. The Kier molecular flexibility index (Phi) is 5.55. The van der Waals surface area contributed by atoms with Crippen LogP contribution in [0.1, 0.15) is 44.7 Å². The standard InChI is InChI=1S/C14H22ClN3O/c1-11(19)9-13-5-3-2-4-8-18(13)10-12-6-7-14(15)17-16-12/h6-7,11,13,19H,2-5,8-10H2,1H3. The van der Waals surface area contributed by atoms with E-state index in [9.17, 15) is 5.11 Å². The van der Waals surface area contributed by atoms with Gasteiger partial charge in [0.05, 0.1) is 11.8 Å². The van der Waals surface area contributed by atoms with E-state index in [0.29, 0.717) is 11.2 Å². The molecule has 5 heteroatoms. The highest BCUT2D eigenvalue weighted by Gasteiger charge is 2.22. The molecule has 0 bridgehead atoms. The molecule has 1 aliphatic rings. The summed E-state index contributed by atoms with van der Waals surface area (Å²) < 4.78 is 0. The predicted molar refractivity (Wildman–Crippen MR) is 76.0 cm³/mol. The van der Waals surface area contributed by atoms with Gasteiger partial charge in [-0.1, -0.05) is 24.4 Å². The zero-order valence-corrected chi connectivity index (χ0v) is 12.2. The molecule has 0 saturated carbocycles. The van der Waals surface area contributed by atoms with Gasteiger partial charge in [0.1, 0.15) is 0 Å². The first kappa shape index (κ1) is 14.7. The molecule has 1 saturated heterocycles. The lowest BCUT2D eigenvalue weighted by Gasteiger charge is -2.30. The first-order valence-electron chi connectivity index (χ1n) is 7.05. The van der Waals surface area contributed by atoms with Crippen molar-refractivity contribution in [1.29, 1.82) is 0 Å². The molecule has 1 aromatic heterocycles. The Morgan fingerprint density at radius 3 is 2.89 bits per heavy atom. The van der Waals surface area contributed by atoms with E-state index >= 15 is 0 Å². The number of halogens is 1. The highest BCUT2D eigenvalue weighted by Crippen LogP contribution is 2.22. The summed E-state index contributed by atoms with van der Waals surface area (Å²) in [6, 6.07) is 4.16. The van der Waals surface area contributed by atoms with E-state index in [1.807, 2.05) is 13.0 Å². The molecule has 1 N–H and O–H groups in total. The van der Waals surface area contributed by atoms with Crippen molar-refractivity contribution < 1.29 is 5.11 Å². The molecule has 1 fully saturated rings. The van der Waals surface area contributed by atoms with E-state index in [2.05, 4.69) is 15.1 Å². The Morgan fingerprint density at radius 1 is 1.37 bits per heavy atom. The average Bonchev–Trinajstić information content (AvgIpc) is 2.58. The highest BCUT2D eigenvalue weighted by atomic mass is 35.5. The Labute approximate surface area is 119 Å². The minimum atomic E-state index is -0.248. The van der Waals surface area contributed by atoms with E-state index in [4.69, 9.17) is 11.6 Å². The SMILES string of the molecule is CC(O)CC1CCCCCN1Cc1ccc(Cl)nn1. The number of hydrogen-bond donors (Lipinski definition) is 1. The topological polar surface area (TPSA) is 49.2 Å². The molecule has 2 unspecified atom stereocenters. The van der Waals surface area contributed by atoms with Gasteiger partial charge in [0.15, 0.2) is 5.15 Å². The van der Waals surface area contributed by atoms with Crippen molar-refractivity contribution in [2.45, 2.75) is 57.7 Å². The highest BCUT2D eigenvalue weighted by molar-refractivity contribution is 6.29. The molecular weight excluding hydrogens is 262 g/mol. The number of hydrogen-bond acceptors (Lipinski definition) is 4. The predicted octanol–water partition coefficient (Wildman–Crippen LogP) is 2.65. The van der Waals surface area contributed by atoms with Gasteiger partial charge in [-0.3, -0.25) is 4.90 Å². The van der Waals surface area contributed by atoms with Crippen molar-refractivity contribution in [2.24, 2.45) is 0 Å². The number of nitrogens with zero attached hydrogens (tertiary/aromatic N) is 3. The fourth-order valence-electron chi connectivity index (χ4n) is 2.74. The van der Waals surface area contributed by atoms with Crippen molar-refractivity contribution in [2.75, 3.05) is 6.54 Å². The molecule has 0 amide bonds. The molecule has 0 aromatic carbocycles. The fourth-order valence-corrected chi connectivity index (χ4v) is 2.84. The van der Waals surface area contributed by atoms with E-state index in [1.165, 1.54) is 19.3 Å². The molecular formula is C14H22ClN3O. The maximum absolute atomic E-state index is 9.64. The van der Waals surface area contributed by atoms with Gasteiger partial charge in [0.2, 0.25) is 0 Å². The van der Waals surface area contributed by atoms with Crippen LogP contribution in [0.25, 0.3) is 0 Å². The summed E-state index contributed by atoms with van der Waals surface area (Å²) in [6.07, 6.45) is 5.49. The van der Waals surface area contributed by atoms with Gasteiger partial charge in [-0.15, -0.1) is 5.10 Å². The van der Waals surface area contributed by atoms with Gasteiger partial charge in [0, 0.05) is 12.6 Å². The molecule has 0 aliphatic carbocycles. The van der Waals surface area contributed by atoms with Crippen molar-refractivity contribution in [3.63, 3.8) is 0 Å². The summed E-state index contributed by atoms with van der Waals surface area (Å²) in [7, 11) is 0. The van der Waals surface area contributed by atoms with Crippen LogP contribution in [0.5, 0.6) is 0 Å². The van der Waals surface area contributed by atoms with Gasteiger partial charge < -0.3 is 5.11 Å². The van der Waals surface area contributed by atoms with Gasteiger partial charge in [-0.05, 0) is 44.9 Å². The summed E-state index contributed by atoms with van der Waals surface area (Å²) >= 11 is 5.76.